The maximum Gasteiger partial charge on any atom is 0.0694 e. The molecule has 2 saturated carbocycles. The van der Waals surface area contributed by atoms with Crippen LogP contribution in [-0.2, 0) is 0 Å². The minimum atomic E-state index is -0.218. The van der Waals surface area contributed by atoms with Crippen LogP contribution in [0, 0.1) is 11.8 Å². The summed E-state index contributed by atoms with van der Waals surface area (Å²) in [4.78, 5) is 0. The highest BCUT2D eigenvalue weighted by atomic mass is 16.3. The van der Waals surface area contributed by atoms with Crippen molar-refractivity contribution in [1.82, 2.24) is 0 Å². The average molecular weight is 169 g/mol. The van der Waals surface area contributed by atoms with Gasteiger partial charge in [0.25, 0.3) is 0 Å². The molecule has 0 saturated heterocycles. The monoisotopic (exact) mass is 169 g/mol. The molecule has 2 aliphatic rings. The number of aliphatic hydroxyl groups is 1. The van der Waals surface area contributed by atoms with Crippen molar-refractivity contribution in [3.05, 3.63) is 0 Å². The molecule has 2 heteroatoms. The Morgan fingerprint density at radius 1 is 1.00 bits per heavy atom. The van der Waals surface area contributed by atoms with Gasteiger partial charge >= 0.3 is 0 Å². The van der Waals surface area contributed by atoms with Gasteiger partial charge in [0.1, 0.15) is 0 Å². The minimum Gasteiger partial charge on any atom is -0.392 e. The van der Waals surface area contributed by atoms with Gasteiger partial charge in [0.05, 0.1) is 6.10 Å². The van der Waals surface area contributed by atoms with E-state index in [-0.39, 0.29) is 12.1 Å². The molecule has 0 amide bonds. The summed E-state index contributed by atoms with van der Waals surface area (Å²) in [7, 11) is 0. The van der Waals surface area contributed by atoms with Crippen LogP contribution < -0.4 is 5.73 Å². The lowest BCUT2D eigenvalue weighted by Gasteiger charge is -2.42. The van der Waals surface area contributed by atoms with Crippen molar-refractivity contribution in [2.75, 3.05) is 0 Å². The van der Waals surface area contributed by atoms with Crippen molar-refractivity contribution < 1.29 is 5.11 Å². The van der Waals surface area contributed by atoms with Crippen LogP contribution in [-0.4, -0.2) is 17.3 Å². The molecule has 4 atom stereocenters. The van der Waals surface area contributed by atoms with Crippen LogP contribution in [0.1, 0.15) is 38.5 Å². The normalized spacial score (nSPS) is 48.5. The molecule has 12 heavy (non-hydrogen) atoms. The van der Waals surface area contributed by atoms with Gasteiger partial charge in [0.15, 0.2) is 0 Å². The largest absolute Gasteiger partial charge is 0.392 e. The summed E-state index contributed by atoms with van der Waals surface area (Å²) in [5, 5.41) is 9.59. The van der Waals surface area contributed by atoms with E-state index < -0.39 is 0 Å². The quantitative estimate of drug-likeness (QED) is 0.573. The Labute approximate surface area is 74.1 Å². The van der Waals surface area contributed by atoms with Gasteiger partial charge in [-0.1, -0.05) is 19.3 Å². The summed E-state index contributed by atoms with van der Waals surface area (Å²) in [5.41, 5.74) is 5.98. The minimum absolute atomic E-state index is 0.0732. The van der Waals surface area contributed by atoms with Crippen LogP contribution in [0.2, 0.25) is 0 Å². The molecule has 0 aromatic heterocycles. The van der Waals surface area contributed by atoms with Gasteiger partial charge in [-0.25, -0.2) is 0 Å². The topological polar surface area (TPSA) is 46.2 Å². The summed E-state index contributed by atoms with van der Waals surface area (Å²) in [6.07, 6.45) is 7.23. The first-order valence-corrected chi connectivity index (χ1v) is 5.22. The second-order valence-electron chi connectivity index (χ2n) is 4.43. The number of hydrogen-bond donors (Lipinski definition) is 2. The molecule has 0 bridgehead atoms. The van der Waals surface area contributed by atoms with E-state index in [0.717, 1.165) is 12.3 Å². The zero-order valence-electron chi connectivity index (χ0n) is 7.58. The highest BCUT2D eigenvalue weighted by molar-refractivity contribution is 4.91. The molecular formula is C10H19NO. The maximum absolute atomic E-state index is 9.59. The third-order valence-corrected chi connectivity index (χ3v) is 3.74. The molecule has 0 radical (unpaired) electrons. The first-order chi connectivity index (χ1) is 5.79. The van der Waals surface area contributed by atoms with Crippen LogP contribution in [0.3, 0.4) is 0 Å². The predicted molar refractivity (Wildman–Crippen MR) is 48.7 cm³/mol. The fourth-order valence-corrected chi connectivity index (χ4v) is 2.96. The van der Waals surface area contributed by atoms with Crippen LogP contribution in [0.25, 0.3) is 0 Å². The van der Waals surface area contributed by atoms with Crippen molar-refractivity contribution in [2.45, 2.75) is 50.7 Å². The smallest absolute Gasteiger partial charge is 0.0694 e. The van der Waals surface area contributed by atoms with Gasteiger partial charge in [0, 0.05) is 6.04 Å². The number of hydrogen-bond acceptors (Lipinski definition) is 2. The maximum atomic E-state index is 9.59. The first kappa shape index (κ1) is 8.52. The lowest BCUT2D eigenvalue weighted by atomic mass is 9.68. The number of nitrogens with two attached hydrogens (primary N) is 1. The van der Waals surface area contributed by atoms with Crippen LogP contribution in [0.5, 0.6) is 0 Å². The van der Waals surface area contributed by atoms with Gasteiger partial charge in [-0.05, 0) is 31.1 Å². The zero-order valence-corrected chi connectivity index (χ0v) is 7.58. The van der Waals surface area contributed by atoms with Gasteiger partial charge in [-0.3, -0.25) is 0 Å². The third-order valence-electron chi connectivity index (χ3n) is 3.74. The Morgan fingerprint density at radius 2 is 1.75 bits per heavy atom. The summed E-state index contributed by atoms with van der Waals surface area (Å²) < 4.78 is 0. The van der Waals surface area contributed by atoms with E-state index in [1.54, 1.807) is 0 Å². The fraction of sp³-hybridized carbons (Fsp3) is 1.00. The molecule has 0 aromatic carbocycles. The van der Waals surface area contributed by atoms with Gasteiger partial charge in [-0.2, -0.15) is 0 Å². The third kappa shape index (κ3) is 1.38. The molecular weight excluding hydrogens is 150 g/mol. The predicted octanol–water partition coefficient (Wildman–Crippen LogP) is 1.27. The molecule has 2 aliphatic carbocycles. The Hall–Kier alpha value is -0.0800. The summed E-state index contributed by atoms with van der Waals surface area (Å²) in [6.45, 7) is 0. The van der Waals surface area contributed by atoms with E-state index >= 15 is 0 Å². The highest BCUT2D eigenvalue weighted by Crippen LogP contribution is 2.39. The van der Waals surface area contributed by atoms with Crippen molar-refractivity contribution >= 4 is 0 Å². The molecule has 2 rings (SSSR count). The van der Waals surface area contributed by atoms with Crippen molar-refractivity contribution in [2.24, 2.45) is 17.6 Å². The van der Waals surface area contributed by atoms with Crippen LogP contribution >= 0.6 is 0 Å². The molecule has 3 N–H and O–H groups in total. The molecule has 0 aliphatic heterocycles. The van der Waals surface area contributed by atoms with E-state index in [1.807, 2.05) is 0 Å². The Bertz CT molecular complexity index is 158. The lowest BCUT2D eigenvalue weighted by molar-refractivity contribution is 0.0262. The lowest BCUT2D eigenvalue weighted by Crippen LogP contribution is -2.49. The molecule has 0 aromatic rings. The first-order valence-electron chi connectivity index (χ1n) is 5.22. The Balaban J connectivity index is 2.03. The van der Waals surface area contributed by atoms with E-state index in [9.17, 15) is 5.11 Å². The fourth-order valence-electron chi connectivity index (χ4n) is 2.96. The van der Waals surface area contributed by atoms with Gasteiger partial charge in [-0.15, -0.1) is 0 Å². The van der Waals surface area contributed by atoms with Crippen LogP contribution in [0.15, 0.2) is 0 Å². The molecule has 2 nitrogen and oxygen atoms in total. The van der Waals surface area contributed by atoms with Gasteiger partial charge < -0.3 is 10.8 Å². The van der Waals surface area contributed by atoms with Crippen LogP contribution in [0.4, 0.5) is 0 Å². The zero-order chi connectivity index (χ0) is 8.55. The summed E-state index contributed by atoms with van der Waals surface area (Å²) in [6, 6.07) is 0.0732. The Morgan fingerprint density at radius 3 is 2.58 bits per heavy atom. The second-order valence-corrected chi connectivity index (χ2v) is 4.43. The van der Waals surface area contributed by atoms with E-state index in [1.165, 1.54) is 32.1 Å². The molecule has 0 heterocycles. The summed E-state index contributed by atoms with van der Waals surface area (Å²) >= 11 is 0. The second kappa shape index (κ2) is 3.35. The Kier molecular flexibility index (Phi) is 2.37. The molecule has 0 spiro atoms. The van der Waals surface area contributed by atoms with E-state index in [4.69, 9.17) is 5.73 Å². The van der Waals surface area contributed by atoms with Crippen molar-refractivity contribution in [3.63, 3.8) is 0 Å². The van der Waals surface area contributed by atoms with E-state index in [2.05, 4.69) is 0 Å². The van der Waals surface area contributed by atoms with E-state index in [0.29, 0.717) is 5.92 Å². The average Bonchev–Trinajstić information content (AvgIpc) is 2.12. The van der Waals surface area contributed by atoms with Crippen molar-refractivity contribution in [1.29, 1.82) is 0 Å². The molecule has 2 fully saturated rings. The van der Waals surface area contributed by atoms with Gasteiger partial charge in [0.2, 0.25) is 0 Å². The summed E-state index contributed by atoms with van der Waals surface area (Å²) in [5.74, 6) is 1.46. The highest BCUT2D eigenvalue weighted by Gasteiger charge is 2.37. The standard InChI is InChI=1S/C10H19NO/c11-10-8-4-2-1-3-7(8)5-6-9(10)12/h7-10,12H,1-6,11H2. The number of aliphatic hydroxyl groups excluding tert-OH is 1. The number of fused-ring (bicyclic) bond motifs is 1. The number of rotatable bonds is 0. The molecule has 4 unspecified atom stereocenters. The van der Waals surface area contributed by atoms with Crippen molar-refractivity contribution in [3.8, 4) is 0 Å². The SMILES string of the molecule is NC1C(O)CCC2CCCCC21. The molecule has 70 valence electrons.